The van der Waals surface area contributed by atoms with E-state index in [2.05, 4.69) is 10.4 Å². The Morgan fingerprint density at radius 3 is 2.46 bits per heavy atom. The second-order valence-corrected chi connectivity index (χ2v) is 6.88. The molecule has 0 fully saturated rings. The molecular weight excluding hydrogens is 370 g/mol. The zero-order chi connectivity index (χ0) is 19.7. The third-order valence-corrected chi connectivity index (χ3v) is 4.97. The number of rotatable bonds is 3. The Hall–Kier alpha value is -2.83. The molecule has 4 rings (SSSR count). The lowest BCUT2D eigenvalue weighted by Gasteiger charge is -2.11. The fraction of sp³-hybridized carbons (Fsp3) is 0.286. The molecular formula is C21H19F4N3. The molecule has 2 aromatic carbocycles. The summed E-state index contributed by atoms with van der Waals surface area (Å²) in [6, 6.07) is 11.5. The highest BCUT2D eigenvalue weighted by Crippen LogP contribution is 2.32. The van der Waals surface area contributed by atoms with Gasteiger partial charge >= 0.3 is 6.18 Å². The summed E-state index contributed by atoms with van der Waals surface area (Å²) in [6.45, 7) is 0.762. The minimum atomic E-state index is -4.38. The molecule has 1 N–H and O–H groups in total. The lowest BCUT2D eigenvalue weighted by atomic mass is 10.0. The molecule has 1 aliphatic rings. The quantitative estimate of drug-likeness (QED) is 0.611. The molecule has 0 saturated heterocycles. The second kappa shape index (κ2) is 7.30. The van der Waals surface area contributed by atoms with E-state index < -0.39 is 11.7 Å². The Morgan fingerprint density at radius 1 is 1.00 bits per heavy atom. The number of alkyl halides is 3. The van der Waals surface area contributed by atoms with Gasteiger partial charge in [-0.25, -0.2) is 9.07 Å². The summed E-state index contributed by atoms with van der Waals surface area (Å²) < 4.78 is 54.3. The topological polar surface area (TPSA) is 29.9 Å². The summed E-state index contributed by atoms with van der Waals surface area (Å²) in [5, 5.41) is 7.98. The van der Waals surface area contributed by atoms with E-state index in [0.717, 1.165) is 55.0 Å². The molecule has 3 nitrogen and oxygen atoms in total. The first kappa shape index (κ1) is 18.5. The summed E-state index contributed by atoms with van der Waals surface area (Å²) in [7, 11) is 0. The van der Waals surface area contributed by atoms with Crippen molar-refractivity contribution in [2.75, 3.05) is 11.9 Å². The van der Waals surface area contributed by atoms with Crippen LogP contribution < -0.4 is 5.32 Å². The van der Waals surface area contributed by atoms with Gasteiger partial charge in [-0.3, -0.25) is 0 Å². The number of anilines is 1. The van der Waals surface area contributed by atoms with E-state index in [1.54, 1.807) is 22.9 Å². The first-order valence-corrected chi connectivity index (χ1v) is 9.19. The van der Waals surface area contributed by atoms with Crippen molar-refractivity contribution in [3.8, 4) is 5.69 Å². The van der Waals surface area contributed by atoms with E-state index in [1.165, 1.54) is 18.2 Å². The molecule has 0 bridgehead atoms. The van der Waals surface area contributed by atoms with Gasteiger partial charge in [0.2, 0.25) is 0 Å². The van der Waals surface area contributed by atoms with Crippen molar-refractivity contribution < 1.29 is 17.6 Å². The number of fused-ring (bicyclic) bond motifs is 1. The third kappa shape index (κ3) is 3.61. The van der Waals surface area contributed by atoms with Gasteiger partial charge in [-0.1, -0.05) is 18.2 Å². The Kier molecular flexibility index (Phi) is 4.83. The molecule has 3 aromatic rings. The second-order valence-electron chi connectivity index (χ2n) is 6.88. The van der Waals surface area contributed by atoms with Gasteiger partial charge in [0.15, 0.2) is 0 Å². The van der Waals surface area contributed by atoms with Crippen molar-refractivity contribution in [2.24, 2.45) is 0 Å². The van der Waals surface area contributed by atoms with Crippen LogP contribution in [0.5, 0.6) is 0 Å². The largest absolute Gasteiger partial charge is 0.416 e. The van der Waals surface area contributed by atoms with E-state index in [4.69, 9.17) is 0 Å². The van der Waals surface area contributed by atoms with Crippen molar-refractivity contribution >= 4 is 5.82 Å². The van der Waals surface area contributed by atoms with Crippen LogP contribution in [0.2, 0.25) is 0 Å². The van der Waals surface area contributed by atoms with Crippen LogP contribution in [0.15, 0.2) is 48.5 Å². The molecule has 1 aromatic heterocycles. The van der Waals surface area contributed by atoms with E-state index >= 15 is 0 Å². The summed E-state index contributed by atoms with van der Waals surface area (Å²) >= 11 is 0. The van der Waals surface area contributed by atoms with Crippen LogP contribution in [0.25, 0.3) is 5.69 Å². The maximum atomic E-state index is 14.1. The number of aromatic nitrogens is 2. The molecule has 0 amide bonds. The van der Waals surface area contributed by atoms with Crippen molar-refractivity contribution in [2.45, 2.75) is 31.9 Å². The Labute approximate surface area is 160 Å². The van der Waals surface area contributed by atoms with Crippen molar-refractivity contribution in [3.63, 3.8) is 0 Å². The zero-order valence-corrected chi connectivity index (χ0v) is 15.1. The van der Waals surface area contributed by atoms with Gasteiger partial charge in [-0.05, 0) is 55.2 Å². The van der Waals surface area contributed by atoms with Crippen molar-refractivity contribution in [1.82, 2.24) is 9.78 Å². The first-order valence-electron chi connectivity index (χ1n) is 9.19. The minimum Gasteiger partial charge on any atom is -0.370 e. The SMILES string of the molecule is Fc1ccccc1Cc1nn(-c2ccc(C(F)(F)F)cc2)c2c1CCCCN2. The number of nitrogens with zero attached hydrogens (tertiary/aromatic N) is 2. The highest BCUT2D eigenvalue weighted by Gasteiger charge is 2.30. The number of nitrogens with one attached hydrogen (secondary N) is 1. The summed E-state index contributed by atoms with van der Waals surface area (Å²) in [6.07, 6.45) is -1.28. The molecule has 0 radical (unpaired) electrons. The lowest BCUT2D eigenvalue weighted by molar-refractivity contribution is -0.137. The molecule has 0 unspecified atom stereocenters. The zero-order valence-electron chi connectivity index (χ0n) is 15.1. The monoisotopic (exact) mass is 389 g/mol. The number of hydrogen-bond acceptors (Lipinski definition) is 2. The predicted molar refractivity (Wildman–Crippen MR) is 99.2 cm³/mol. The molecule has 0 atom stereocenters. The third-order valence-electron chi connectivity index (χ3n) is 4.97. The van der Waals surface area contributed by atoms with Gasteiger partial charge in [-0.15, -0.1) is 0 Å². The van der Waals surface area contributed by atoms with Crippen molar-refractivity contribution in [1.29, 1.82) is 0 Å². The standard InChI is InChI=1S/C21H19F4N3/c22-18-7-2-1-5-14(18)13-19-17-6-3-4-12-26-20(17)28(27-19)16-10-8-15(9-11-16)21(23,24)25/h1-2,5,7-11,26H,3-4,6,12-13H2. The molecule has 0 aliphatic carbocycles. The van der Waals surface area contributed by atoms with Gasteiger partial charge in [0.25, 0.3) is 0 Å². The molecule has 28 heavy (non-hydrogen) atoms. The average molecular weight is 389 g/mol. The molecule has 1 aliphatic heterocycles. The van der Waals surface area contributed by atoms with Crippen LogP contribution in [0.4, 0.5) is 23.4 Å². The fourth-order valence-electron chi connectivity index (χ4n) is 3.52. The maximum Gasteiger partial charge on any atom is 0.416 e. The Morgan fingerprint density at radius 2 is 1.75 bits per heavy atom. The summed E-state index contributed by atoms with van der Waals surface area (Å²) in [5.41, 5.74) is 2.13. The number of hydrogen-bond donors (Lipinski definition) is 1. The van der Waals surface area contributed by atoms with Gasteiger partial charge in [-0.2, -0.15) is 18.3 Å². The van der Waals surface area contributed by atoms with Gasteiger partial charge < -0.3 is 5.32 Å². The minimum absolute atomic E-state index is 0.290. The van der Waals surface area contributed by atoms with Crippen LogP contribution >= 0.6 is 0 Å². The number of benzene rings is 2. The van der Waals surface area contributed by atoms with Crippen LogP contribution in [0.3, 0.4) is 0 Å². The average Bonchev–Trinajstić information content (AvgIpc) is 2.84. The molecule has 2 heterocycles. The molecule has 7 heteroatoms. The predicted octanol–water partition coefficient (Wildman–Crippen LogP) is 5.37. The van der Waals surface area contributed by atoms with E-state index in [-0.39, 0.29) is 5.82 Å². The Balaban J connectivity index is 1.75. The molecule has 0 saturated carbocycles. The van der Waals surface area contributed by atoms with Crippen LogP contribution in [0.1, 0.15) is 35.2 Å². The van der Waals surface area contributed by atoms with Crippen LogP contribution in [-0.4, -0.2) is 16.3 Å². The summed E-state index contributed by atoms with van der Waals surface area (Å²) in [4.78, 5) is 0. The normalized spacial score (nSPS) is 14.3. The lowest BCUT2D eigenvalue weighted by Crippen LogP contribution is -2.08. The van der Waals surface area contributed by atoms with E-state index in [0.29, 0.717) is 17.7 Å². The first-order chi connectivity index (χ1) is 13.4. The molecule has 0 spiro atoms. The molecule has 146 valence electrons. The highest BCUT2D eigenvalue weighted by atomic mass is 19.4. The van der Waals surface area contributed by atoms with Gasteiger partial charge in [0.05, 0.1) is 16.9 Å². The van der Waals surface area contributed by atoms with Gasteiger partial charge in [0.1, 0.15) is 11.6 Å². The van der Waals surface area contributed by atoms with E-state index in [9.17, 15) is 17.6 Å². The fourth-order valence-corrected chi connectivity index (χ4v) is 3.52. The smallest absolute Gasteiger partial charge is 0.370 e. The van der Waals surface area contributed by atoms with Gasteiger partial charge in [0, 0.05) is 18.5 Å². The summed E-state index contributed by atoms with van der Waals surface area (Å²) in [5.74, 6) is 0.491. The van der Waals surface area contributed by atoms with Crippen molar-refractivity contribution in [3.05, 3.63) is 76.7 Å². The number of halogens is 4. The van der Waals surface area contributed by atoms with E-state index in [1.807, 2.05) is 0 Å². The van der Waals surface area contributed by atoms with Crippen LogP contribution in [0, 0.1) is 5.82 Å². The maximum absolute atomic E-state index is 14.1. The highest BCUT2D eigenvalue weighted by molar-refractivity contribution is 5.55. The Bertz CT molecular complexity index is 974. The van der Waals surface area contributed by atoms with Crippen LogP contribution in [-0.2, 0) is 19.0 Å².